The first-order valence-corrected chi connectivity index (χ1v) is 13.2. The fourth-order valence-corrected chi connectivity index (χ4v) is 5.37. The van der Waals surface area contributed by atoms with Crippen LogP contribution in [0, 0.1) is 6.92 Å². The van der Waals surface area contributed by atoms with E-state index < -0.39 is 34.2 Å². The van der Waals surface area contributed by atoms with Crippen molar-refractivity contribution in [3.63, 3.8) is 0 Å². The van der Waals surface area contributed by atoms with Crippen molar-refractivity contribution in [1.82, 2.24) is 5.32 Å². The minimum atomic E-state index is -4.66. The Morgan fingerprint density at radius 1 is 1.09 bits per heavy atom. The molecule has 1 amide bonds. The van der Waals surface area contributed by atoms with Crippen LogP contribution >= 0.6 is 0 Å². The lowest BCUT2D eigenvalue weighted by Gasteiger charge is -2.25. The molecular weight excluding hydrogens is 481 g/mol. The van der Waals surface area contributed by atoms with E-state index in [4.69, 9.17) is 4.74 Å². The number of benzene rings is 2. The molecule has 2 aromatic carbocycles. The Kier molecular flexibility index (Phi) is 9.18. The molecule has 1 aliphatic rings. The van der Waals surface area contributed by atoms with Gasteiger partial charge < -0.3 is 10.1 Å². The number of hydrogen-bond donors (Lipinski definition) is 1. The second-order valence-electron chi connectivity index (χ2n) is 8.71. The summed E-state index contributed by atoms with van der Waals surface area (Å²) in [6.45, 7) is 1.88. The quantitative estimate of drug-likeness (QED) is 0.452. The molecule has 0 bridgehead atoms. The molecule has 6 nitrogen and oxygen atoms in total. The Bertz CT molecular complexity index is 1080. The third kappa shape index (κ3) is 7.70. The predicted octanol–water partition coefficient (Wildman–Crippen LogP) is 5.06. The smallest absolute Gasteiger partial charge is 0.378 e. The summed E-state index contributed by atoms with van der Waals surface area (Å²) in [4.78, 5) is 12.5. The third-order valence-corrected chi connectivity index (χ3v) is 7.69. The van der Waals surface area contributed by atoms with Gasteiger partial charge in [0.2, 0.25) is 5.91 Å². The maximum atomic E-state index is 13.3. The summed E-state index contributed by atoms with van der Waals surface area (Å²) in [6.07, 6.45) is 1.75. The maximum Gasteiger partial charge on any atom is 0.416 e. The molecule has 10 heteroatoms. The second-order valence-corrected chi connectivity index (χ2v) is 10.6. The monoisotopic (exact) mass is 512 g/mol. The van der Waals surface area contributed by atoms with Gasteiger partial charge in [0, 0.05) is 13.2 Å². The number of nitrogens with one attached hydrogen (secondary N) is 1. The van der Waals surface area contributed by atoms with Gasteiger partial charge >= 0.3 is 6.18 Å². The van der Waals surface area contributed by atoms with Gasteiger partial charge in [0.25, 0.3) is 10.0 Å². The minimum absolute atomic E-state index is 0.116. The number of sulfonamides is 1. The van der Waals surface area contributed by atoms with Crippen molar-refractivity contribution in [3.8, 4) is 0 Å². The van der Waals surface area contributed by atoms with Crippen LogP contribution in [-0.2, 0) is 25.7 Å². The SMILES string of the molecule is Cc1ccc(S(=O)(=O)N(CC(=O)NCCCOC2CCCCC2)c2cccc(C(F)(F)F)c2)cc1. The van der Waals surface area contributed by atoms with Crippen molar-refractivity contribution < 1.29 is 31.1 Å². The number of rotatable bonds is 10. The number of anilines is 1. The molecule has 192 valence electrons. The van der Waals surface area contributed by atoms with E-state index >= 15 is 0 Å². The lowest BCUT2D eigenvalue weighted by Crippen LogP contribution is -2.41. The van der Waals surface area contributed by atoms with Crippen molar-refractivity contribution in [2.45, 2.75) is 62.6 Å². The molecule has 35 heavy (non-hydrogen) atoms. The van der Waals surface area contributed by atoms with E-state index in [1.807, 2.05) is 0 Å². The fourth-order valence-electron chi connectivity index (χ4n) is 3.96. The molecule has 0 spiro atoms. The molecule has 0 aliphatic heterocycles. The topological polar surface area (TPSA) is 75.7 Å². The van der Waals surface area contributed by atoms with E-state index in [2.05, 4.69) is 5.32 Å². The van der Waals surface area contributed by atoms with Crippen LogP contribution in [0.5, 0.6) is 0 Å². The zero-order chi connectivity index (χ0) is 25.5. The summed E-state index contributed by atoms with van der Waals surface area (Å²) in [5, 5.41) is 2.65. The standard InChI is InChI=1S/C25H31F3N2O4S/c1-19-11-13-23(14-12-19)35(32,33)30(21-8-5-7-20(17-21)25(26,27)28)18-24(31)29-15-6-16-34-22-9-3-2-4-10-22/h5,7-8,11-14,17,22H,2-4,6,9-10,15-16,18H2,1H3,(H,29,31). The van der Waals surface area contributed by atoms with Gasteiger partial charge in [-0.1, -0.05) is 43.0 Å². The molecule has 2 aromatic rings. The largest absolute Gasteiger partial charge is 0.416 e. The number of hydrogen-bond acceptors (Lipinski definition) is 4. The van der Waals surface area contributed by atoms with Gasteiger partial charge in [-0.25, -0.2) is 8.42 Å². The van der Waals surface area contributed by atoms with Crippen LogP contribution in [0.2, 0.25) is 0 Å². The number of nitrogens with zero attached hydrogens (tertiary/aromatic N) is 1. The van der Waals surface area contributed by atoms with Crippen LogP contribution in [0.3, 0.4) is 0 Å². The normalized spacial score (nSPS) is 15.1. The van der Waals surface area contributed by atoms with E-state index in [1.54, 1.807) is 19.1 Å². The predicted molar refractivity (Wildman–Crippen MR) is 128 cm³/mol. The first kappa shape index (κ1) is 27.0. The molecule has 1 aliphatic carbocycles. The molecule has 0 atom stereocenters. The Hall–Kier alpha value is -2.59. The first-order valence-electron chi connectivity index (χ1n) is 11.7. The molecule has 0 radical (unpaired) electrons. The minimum Gasteiger partial charge on any atom is -0.378 e. The van der Waals surface area contributed by atoms with E-state index in [9.17, 15) is 26.4 Å². The summed E-state index contributed by atoms with van der Waals surface area (Å²) in [7, 11) is -4.30. The third-order valence-electron chi connectivity index (χ3n) is 5.91. The lowest BCUT2D eigenvalue weighted by molar-refractivity contribution is -0.137. The number of amides is 1. The van der Waals surface area contributed by atoms with Crippen molar-refractivity contribution in [1.29, 1.82) is 0 Å². The Balaban J connectivity index is 1.71. The van der Waals surface area contributed by atoms with Gasteiger partial charge in [-0.05, 0) is 56.5 Å². The van der Waals surface area contributed by atoms with Crippen LogP contribution in [0.25, 0.3) is 0 Å². The molecule has 0 saturated heterocycles. The maximum absolute atomic E-state index is 13.3. The van der Waals surface area contributed by atoms with Gasteiger partial charge in [0.15, 0.2) is 0 Å². The van der Waals surface area contributed by atoms with Crippen molar-refractivity contribution in [2.24, 2.45) is 0 Å². The van der Waals surface area contributed by atoms with Crippen LogP contribution in [0.1, 0.15) is 49.7 Å². The highest BCUT2D eigenvalue weighted by atomic mass is 32.2. The molecular formula is C25H31F3N2O4S. The Morgan fingerprint density at radius 3 is 2.43 bits per heavy atom. The van der Waals surface area contributed by atoms with Crippen LogP contribution in [-0.4, -0.2) is 40.1 Å². The summed E-state index contributed by atoms with van der Waals surface area (Å²) in [5.41, 5.74) is -0.418. The van der Waals surface area contributed by atoms with Gasteiger partial charge in [0.1, 0.15) is 6.54 Å². The molecule has 0 aromatic heterocycles. The van der Waals surface area contributed by atoms with Gasteiger partial charge in [0.05, 0.1) is 22.3 Å². The molecule has 1 saturated carbocycles. The van der Waals surface area contributed by atoms with Gasteiger partial charge in [-0.2, -0.15) is 13.2 Å². The highest BCUT2D eigenvalue weighted by Crippen LogP contribution is 2.33. The van der Waals surface area contributed by atoms with Crippen LogP contribution in [0.4, 0.5) is 18.9 Å². The summed E-state index contributed by atoms with van der Waals surface area (Å²) >= 11 is 0. The van der Waals surface area contributed by atoms with E-state index in [0.29, 0.717) is 17.3 Å². The average molecular weight is 513 g/mol. The Labute approximate surface area is 204 Å². The number of carbonyl (C=O) groups excluding carboxylic acids is 1. The molecule has 1 N–H and O–H groups in total. The highest BCUT2D eigenvalue weighted by molar-refractivity contribution is 7.92. The number of ether oxygens (including phenoxy) is 1. The molecule has 0 heterocycles. The van der Waals surface area contributed by atoms with E-state index in [1.165, 1.54) is 24.6 Å². The summed E-state index contributed by atoms with van der Waals surface area (Å²) in [6, 6.07) is 9.86. The van der Waals surface area contributed by atoms with Crippen LogP contribution in [0.15, 0.2) is 53.4 Å². The van der Waals surface area contributed by atoms with Gasteiger partial charge in [-0.3, -0.25) is 9.10 Å². The molecule has 0 unspecified atom stereocenters. The zero-order valence-electron chi connectivity index (χ0n) is 19.7. The van der Waals surface area contributed by atoms with Crippen molar-refractivity contribution in [2.75, 3.05) is 24.0 Å². The molecule has 1 fully saturated rings. The van der Waals surface area contributed by atoms with Crippen molar-refractivity contribution in [3.05, 3.63) is 59.7 Å². The van der Waals surface area contributed by atoms with Gasteiger partial charge in [-0.15, -0.1) is 0 Å². The first-order chi connectivity index (χ1) is 16.6. The summed E-state index contributed by atoms with van der Waals surface area (Å²) < 4.78 is 73.0. The highest BCUT2D eigenvalue weighted by Gasteiger charge is 2.33. The second kappa shape index (κ2) is 11.9. The fraction of sp³-hybridized carbons (Fsp3) is 0.480. The number of carbonyl (C=O) groups is 1. The number of alkyl halides is 3. The Morgan fingerprint density at radius 2 is 1.77 bits per heavy atom. The van der Waals surface area contributed by atoms with Crippen molar-refractivity contribution >= 4 is 21.6 Å². The number of halogens is 3. The lowest BCUT2D eigenvalue weighted by atomic mass is 9.98. The zero-order valence-corrected chi connectivity index (χ0v) is 20.5. The summed E-state index contributed by atoms with van der Waals surface area (Å²) in [5.74, 6) is -0.615. The number of aryl methyl sites for hydroxylation is 1. The molecule has 3 rings (SSSR count). The average Bonchev–Trinajstić information content (AvgIpc) is 2.83. The van der Waals surface area contributed by atoms with E-state index in [-0.39, 0.29) is 23.2 Å². The van der Waals surface area contributed by atoms with Crippen LogP contribution < -0.4 is 9.62 Å². The van der Waals surface area contributed by atoms with E-state index in [0.717, 1.165) is 49.4 Å².